The number of thioether (sulfide) groups is 1. The van der Waals surface area contributed by atoms with Gasteiger partial charge in [0.05, 0.1) is 0 Å². The molecule has 1 unspecified atom stereocenters. The smallest absolute Gasteiger partial charge is 0.129 e. The molecule has 0 spiro atoms. The molecule has 1 aliphatic rings. The molecule has 94 valence electrons. The Balaban J connectivity index is 2.32. The summed E-state index contributed by atoms with van der Waals surface area (Å²) >= 11 is 1.97. The summed E-state index contributed by atoms with van der Waals surface area (Å²) in [5.74, 6) is 2.14. The molecule has 1 aromatic rings. The number of rotatable bonds is 3. The second-order valence-corrected chi connectivity index (χ2v) is 5.54. The third-order valence-electron chi connectivity index (χ3n) is 3.12. The maximum atomic E-state index is 13.8. The van der Waals surface area contributed by atoms with E-state index in [0.717, 1.165) is 29.3 Å². The number of benzene rings is 1. The third-order valence-corrected chi connectivity index (χ3v) is 4.31. The van der Waals surface area contributed by atoms with E-state index in [1.54, 1.807) is 12.1 Å². The Bertz CT molecular complexity index is 384. The molecule has 0 radical (unpaired) electrons. The van der Waals surface area contributed by atoms with Crippen LogP contribution >= 0.6 is 11.8 Å². The molecule has 0 saturated carbocycles. The standard InChI is InChI=1S/C13H19FN2S/c1-10-9-17-7-6-16(10)13-5-3-4-12(14)11(13)8-15-2/h3-5,10,15H,6-9H2,1-2H3. The number of nitrogens with one attached hydrogen (secondary N) is 1. The van der Waals surface area contributed by atoms with Crippen LogP contribution in [-0.2, 0) is 6.54 Å². The summed E-state index contributed by atoms with van der Waals surface area (Å²) in [4.78, 5) is 2.33. The van der Waals surface area contributed by atoms with Gasteiger partial charge in [0.25, 0.3) is 0 Å². The van der Waals surface area contributed by atoms with Crippen LogP contribution in [0.4, 0.5) is 10.1 Å². The normalized spacial score (nSPS) is 20.6. The highest BCUT2D eigenvalue weighted by Crippen LogP contribution is 2.28. The van der Waals surface area contributed by atoms with Gasteiger partial charge in [-0.3, -0.25) is 0 Å². The molecule has 0 aliphatic carbocycles. The Morgan fingerprint density at radius 1 is 1.53 bits per heavy atom. The topological polar surface area (TPSA) is 15.3 Å². The lowest BCUT2D eigenvalue weighted by atomic mass is 10.1. The Kier molecular flexibility index (Phi) is 4.29. The maximum absolute atomic E-state index is 13.8. The fraction of sp³-hybridized carbons (Fsp3) is 0.538. The summed E-state index contributed by atoms with van der Waals surface area (Å²) in [5, 5.41) is 3.05. The van der Waals surface area contributed by atoms with Gasteiger partial charge in [0.1, 0.15) is 5.82 Å². The minimum atomic E-state index is -0.109. The van der Waals surface area contributed by atoms with Crippen LogP contribution in [0, 0.1) is 5.82 Å². The van der Waals surface area contributed by atoms with Crippen molar-refractivity contribution in [2.75, 3.05) is 30.0 Å². The molecule has 1 atom stereocenters. The molecule has 1 fully saturated rings. The zero-order chi connectivity index (χ0) is 12.3. The van der Waals surface area contributed by atoms with Crippen LogP contribution in [0.5, 0.6) is 0 Å². The van der Waals surface area contributed by atoms with E-state index in [1.165, 1.54) is 0 Å². The van der Waals surface area contributed by atoms with Crippen LogP contribution in [0.1, 0.15) is 12.5 Å². The lowest BCUT2D eigenvalue weighted by Gasteiger charge is -2.36. The predicted octanol–water partition coefficient (Wildman–Crippen LogP) is 2.49. The second-order valence-electron chi connectivity index (χ2n) is 4.39. The predicted molar refractivity (Wildman–Crippen MR) is 73.3 cm³/mol. The molecular formula is C13H19FN2S. The SMILES string of the molecule is CNCc1c(F)cccc1N1CCSCC1C. The van der Waals surface area contributed by atoms with E-state index in [1.807, 2.05) is 24.9 Å². The Morgan fingerprint density at radius 3 is 3.06 bits per heavy atom. The molecule has 1 aliphatic heterocycles. The van der Waals surface area contributed by atoms with Crippen LogP contribution in [-0.4, -0.2) is 31.1 Å². The summed E-state index contributed by atoms with van der Waals surface area (Å²) in [5.41, 5.74) is 1.83. The van der Waals surface area contributed by atoms with Gasteiger partial charge in [-0.1, -0.05) is 6.07 Å². The van der Waals surface area contributed by atoms with Gasteiger partial charge in [-0.25, -0.2) is 4.39 Å². The van der Waals surface area contributed by atoms with Crippen molar-refractivity contribution in [3.63, 3.8) is 0 Å². The number of nitrogens with zero attached hydrogens (tertiary/aromatic N) is 1. The van der Waals surface area contributed by atoms with Gasteiger partial charge in [-0.05, 0) is 26.1 Å². The molecule has 1 heterocycles. The minimum absolute atomic E-state index is 0.109. The van der Waals surface area contributed by atoms with Gasteiger partial charge in [0.2, 0.25) is 0 Å². The molecule has 2 nitrogen and oxygen atoms in total. The highest BCUT2D eigenvalue weighted by atomic mass is 32.2. The molecule has 2 rings (SSSR count). The molecule has 0 bridgehead atoms. The quantitative estimate of drug-likeness (QED) is 0.892. The first kappa shape index (κ1) is 12.7. The summed E-state index contributed by atoms with van der Waals surface area (Å²) in [7, 11) is 1.85. The van der Waals surface area contributed by atoms with Gasteiger partial charge in [0, 0.05) is 41.9 Å². The second kappa shape index (κ2) is 5.74. The van der Waals surface area contributed by atoms with Crippen LogP contribution < -0.4 is 10.2 Å². The summed E-state index contributed by atoms with van der Waals surface area (Å²) in [6.07, 6.45) is 0. The monoisotopic (exact) mass is 254 g/mol. The van der Waals surface area contributed by atoms with Gasteiger partial charge >= 0.3 is 0 Å². The molecule has 0 aromatic heterocycles. The van der Waals surface area contributed by atoms with E-state index in [0.29, 0.717) is 12.6 Å². The number of halogens is 1. The average molecular weight is 254 g/mol. The third kappa shape index (κ3) is 2.75. The van der Waals surface area contributed by atoms with Crippen molar-refractivity contribution >= 4 is 17.4 Å². The molecule has 4 heteroatoms. The fourth-order valence-corrected chi connectivity index (χ4v) is 3.27. The largest absolute Gasteiger partial charge is 0.367 e. The first-order valence-corrected chi connectivity index (χ1v) is 7.16. The van der Waals surface area contributed by atoms with E-state index >= 15 is 0 Å². The summed E-state index contributed by atoms with van der Waals surface area (Å²) in [6.45, 7) is 3.80. The summed E-state index contributed by atoms with van der Waals surface area (Å²) < 4.78 is 13.8. The van der Waals surface area contributed by atoms with Gasteiger partial charge in [0.15, 0.2) is 0 Å². The first-order valence-electron chi connectivity index (χ1n) is 6.00. The van der Waals surface area contributed by atoms with Crippen LogP contribution in [0.2, 0.25) is 0 Å². The van der Waals surface area contributed by atoms with Crippen LogP contribution in [0.3, 0.4) is 0 Å². The number of hydrogen-bond donors (Lipinski definition) is 1. The van der Waals surface area contributed by atoms with Crippen molar-refractivity contribution in [1.29, 1.82) is 0 Å². The highest BCUT2D eigenvalue weighted by Gasteiger charge is 2.22. The Morgan fingerprint density at radius 2 is 2.35 bits per heavy atom. The van der Waals surface area contributed by atoms with E-state index in [-0.39, 0.29) is 5.82 Å². The van der Waals surface area contributed by atoms with Gasteiger partial charge < -0.3 is 10.2 Å². The lowest BCUT2D eigenvalue weighted by Crippen LogP contribution is -2.41. The van der Waals surface area contributed by atoms with E-state index in [9.17, 15) is 4.39 Å². The maximum Gasteiger partial charge on any atom is 0.129 e. The van der Waals surface area contributed by atoms with Crippen molar-refractivity contribution in [2.45, 2.75) is 19.5 Å². The van der Waals surface area contributed by atoms with E-state index < -0.39 is 0 Å². The molecular weight excluding hydrogens is 235 g/mol. The number of hydrogen-bond acceptors (Lipinski definition) is 3. The van der Waals surface area contributed by atoms with Crippen molar-refractivity contribution in [3.8, 4) is 0 Å². The fourth-order valence-electron chi connectivity index (χ4n) is 2.25. The highest BCUT2D eigenvalue weighted by molar-refractivity contribution is 7.99. The molecule has 1 saturated heterocycles. The van der Waals surface area contributed by atoms with Gasteiger partial charge in [-0.15, -0.1) is 0 Å². The zero-order valence-electron chi connectivity index (χ0n) is 10.4. The molecule has 0 amide bonds. The molecule has 1 aromatic carbocycles. The van der Waals surface area contributed by atoms with Crippen molar-refractivity contribution in [1.82, 2.24) is 5.32 Å². The first-order chi connectivity index (χ1) is 8.24. The lowest BCUT2D eigenvalue weighted by molar-refractivity contribution is 0.595. The summed E-state index contributed by atoms with van der Waals surface area (Å²) in [6, 6.07) is 5.85. The Labute approximate surface area is 107 Å². The number of anilines is 1. The molecule has 1 N–H and O–H groups in total. The van der Waals surface area contributed by atoms with Crippen LogP contribution in [0.25, 0.3) is 0 Å². The van der Waals surface area contributed by atoms with E-state index in [4.69, 9.17) is 0 Å². The van der Waals surface area contributed by atoms with Crippen molar-refractivity contribution in [3.05, 3.63) is 29.6 Å². The molecule has 17 heavy (non-hydrogen) atoms. The van der Waals surface area contributed by atoms with Crippen LogP contribution in [0.15, 0.2) is 18.2 Å². The zero-order valence-corrected chi connectivity index (χ0v) is 11.2. The van der Waals surface area contributed by atoms with Gasteiger partial charge in [-0.2, -0.15) is 11.8 Å². The van der Waals surface area contributed by atoms with Crippen molar-refractivity contribution < 1.29 is 4.39 Å². The average Bonchev–Trinajstić information content (AvgIpc) is 2.33. The van der Waals surface area contributed by atoms with Crippen molar-refractivity contribution in [2.24, 2.45) is 0 Å². The minimum Gasteiger partial charge on any atom is -0.367 e. The van der Waals surface area contributed by atoms with E-state index in [2.05, 4.69) is 17.1 Å². The Hall–Kier alpha value is -0.740.